The van der Waals surface area contributed by atoms with E-state index in [1.807, 2.05) is 55.2 Å². The number of para-hydroxylation sites is 1. The van der Waals surface area contributed by atoms with Crippen LogP contribution in [0.1, 0.15) is 41.7 Å². The molecule has 1 aromatic carbocycles. The third kappa shape index (κ3) is 3.40. The van der Waals surface area contributed by atoms with Gasteiger partial charge in [-0.25, -0.2) is 14.6 Å². The molecule has 0 amide bonds. The number of rotatable bonds is 5. The molecule has 0 spiro atoms. The van der Waals surface area contributed by atoms with E-state index in [0.29, 0.717) is 6.54 Å². The third-order valence-corrected chi connectivity index (χ3v) is 5.59. The molecule has 146 valence electrons. The second-order valence-corrected chi connectivity index (χ2v) is 7.51. The minimum absolute atomic E-state index is 0.0616. The van der Waals surface area contributed by atoms with Gasteiger partial charge in [0, 0.05) is 62.7 Å². The van der Waals surface area contributed by atoms with Crippen molar-refractivity contribution in [2.75, 3.05) is 6.54 Å². The molecule has 0 saturated heterocycles. The Kier molecular flexibility index (Phi) is 5.13. The maximum atomic E-state index is 13.1. The highest BCUT2D eigenvalue weighted by Crippen LogP contribution is 2.20. The lowest BCUT2D eigenvalue weighted by atomic mass is 10.1. The Morgan fingerprint density at radius 3 is 2.71 bits per heavy atom. The molecule has 0 atom stereocenters. The van der Waals surface area contributed by atoms with E-state index >= 15 is 0 Å². The lowest BCUT2D eigenvalue weighted by molar-refractivity contribution is 0.241. The van der Waals surface area contributed by atoms with Crippen molar-refractivity contribution < 1.29 is 0 Å². The Morgan fingerprint density at radius 2 is 1.96 bits per heavy atom. The Morgan fingerprint density at radius 1 is 1.18 bits per heavy atom. The van der Waals surface area contributed by atoms with Gasteiger partial charge in [-0.2, -0.15) is 0 Å². The Labute approximate surface area is 165 Å². The Hall–Kier alpha value is -2.73. The van der Waals surface area contributed by atoms with Gasteiger partial charge in [0.15, 0.2) is 0 Å². The molecular formula is C22H27N5O. The van der Waals surface area contributed by atoms with Gasteiger partial charge in [0.1, 0.15) is 5.82 Å². The zero-order valence-corrected chi connectivity index (χ0v) is 16.9. The van der Waals surface area contributed by atoms with Crippen LogP contribution in [0.25, 0.3) is 5.69 Å². The maximum Gasteiger partial charge on any atom is 0.276 e. The first kappa shape index (κ1) is 18.6. The van der Waals surface area contributed by atoms with Crippen LogP contribution in [-0.2, 0) is 33.0 Å². The molecule has 0 unspecified atom stereocenters. The van der Waals surface area contributed by atoms with Crippen molar-refractivity contribution in [3.8, 4) is 5.69 Å². The lowest BCUT2D eigenvalue weighted by Gasteiger charge is -2.27. The van der Waals surface area contributed by atoms with Crippen LogP contribution in [0, 0.1) is 6.92 Å². The van der Waals surface area contributed by atoms with Gasteiger partial charge < -0.3 is 0 Å². The van der Waals surface area contributed by atoms with Gasteiger partial charge in [-0.15, -0.1) is 0 Å². The average Bonchev–Trinajstić information content (AvgIpc) is 2.92. The minimum Gasteiger partial charge on any atom is -0.294 e. The summed E-state index contributed by atoms with van der Waals surface area (Å²) in [4.78, 5) is 24.7. The fourth-order valence-corrected chi connectivity index (χ4v) is 3.92. The molecule has 6 nitrogen and oxygen atoms in total. The summed E-state index contributed by atoms with van der Waals surface area (Å²) in [6, 6.07) is 9.81. The third-order valence-electron chi connectivity index (χ3n) is 5.59. The van der Waals surface area contributed by atoms with Crippen LogP contribution in [0.4, 0.5) is 0 Å². The normalized spacial score (nSPS) is 14.2. The second kappa shape index (κ2) is 7.72. The molecule has 0 bridgehead atoms. The molecule has 6 heteroatoms. The highest BCUT2D eigenvalue weighted by molar-refractivity contribution is 5.33. The smallest absolute Gasteiger partial charge is 0.276 e. The highest BCUT2D eigenvalue weighted by Gasteiger charge is 2.23. The molecule has 4 rings (SSSR count). The fraction of sp³-hybridized carbons (Fsp3) is 0.409. The molecule has 0 saturated carbocycles. The molecule has 3 aromatic rings. The van der Waals surface area contributed by atoms with E-state index in [1.54, 1.807) is 4.68 Å². The van der Waals surface area contributed by atoms with Gasteiger partial charge in [-0.1, -0.05) is 25.1 Å². The predicted octanol–water partition coefficient (Wildman–Crippen LogP) is 2.79. The molecule has 3 heterocycles. The first-order chi connectivity index (χ1) is 13.6. The molecule has 1 aliphatic rings. The minimum atomic E-state index is 0.0616. The summed E-state index contributed by atoms with van der Waals surface area (Å²) in [7, 11) is 1.95. The summed E-state index contributed by atoms with van der Waals surface area (Å²) in [6.07, 6.45) is 4.87. The van der Waals surface area contributed by atoms with Gasteiger partial charge in [0.05, 0.1) is 11.3 Å². The van der Waals surface area contributed by atoms with Crippen LogP contribution in [0.2, 0.25) is 0 Å². The zero-order valence-electron chi connectivity index (χ0n) is 16.9. The summed E-state index contributed by atoms with van der Waals surface area (Å²) >= 11 is 0. The largest absolute Gasteiger partial charge is 0.294 e. The van der Waals surface area contributed by atoms with Gasteiger partial charge in [-0.05, 0) is 25.5 Å². The monoisotopic (exact) mass is 377 g/mol. The van der Waals surface area contributed by atoms with Crippen molar-refractivity contribution in [1.29, 1.82) is 0 Å². The van der Waals surface area contributed by atoms with Crippen LogP contribution >= 0.6 is 0 Å². The Balaban J connectivity index is 1.58. The molecule has 0 N–H and O–H groups in total. The SMILES string of the molecule is CCCc1ncc2c(n1)CCN(Cc1c(C)n(C)n(-c3ccccc3)c1=O)C2. The number of aromatic nitrogens is 4. The van der Waals surface area contributed by atoms with E-state index in [-0.39, 0.29) is 5.56 Å². The van der Waals surface area contributed by atoms with Crippen molar-refractivity contribution in [3.05, 3.63) is 75.2 Å². The second-order valence-electron chi connectivity index (χ2n) is 7.51. The quantitative estimate of drug-likeness (QED) is 0.686. The molecule has 0 fully saturated rings. The number of benzene rings is 1. The van der Waals surface area contributed by atoms with Crippen molar-refractivity contribution in [3.63, 3.8) is 0 Å². The topological polar surface area (TPSA) is 56.0 Å². The summed E-state index contributed by atoms with van der Waals surface area (Å²) in [6.45, 7) is 6.52. The molecule has 2 aromatic heterocycles. The van der Waals surface area contributed by atoms with E-state index in [0.717, 1.165) is 55.1 Å². The Bertz CT molecular complexity index is 1040. The van der Waals surface area contributed by atoms with E-state index in [2.05, 4.69) is 16.8 Å². The molecule has 28 heavy (non-hydrogen) atoms. The van der Waals surface area contributed by atoms with Crippen molar-refractivity contribution in [2.24, 2.45) is 7.05 Å². The summed E-state index contributed by atoms with van der Waals surface area (Å²) in [5.74, 6) is 0.944. The number of nitrogens with zero attached hydrogens (tertiary/aromatic N) is 5. The van der Waals surface area contributed by atoms with E-state index in [4.69, 9.17) is 4.98 Å². The van der Waals surface area contributed by atoms with Crippen LogP contribution in [-0.4, -0.2) is 30.8 Å². The van der Waals surface area contributed by atoms with Gasteiger partial charge in [-0.3, -0.25) is 14.4 Å². The lowest BCUT2D eigenvalue weighted by Crippen LogP contribution is -2.33. The van der Waals surface area contributed by atoms with E-state index in [9.17, 15) is 4.79 Å². The van der Waals surface area contributed by atoms with E-state index < -0.39 is 0 Å². The molecule has 1 aliphatic heterocycles. The van der Waals surface area contributed by atoms with Gasteiger partial charge in [0.25, 0.3) is 5.56 Å². The van der Waals surface area contributed by atoms with Crippen molar-refractivity contribution >= 4 is 0 Å². The highest BCUT2D eigenvalue weighted by atomic mass is 16.1. The predicted molar refractivity (Wildman–Crippen MR) is 110 cm³/mol. The first-order valence-electron chi connectivity index (χ1n) is 9.97. The fourth-order valence-electron chi connectivity index (χ4n) is 3.92. The molecule has 0 radical (unpaired) electrons. The molecular weight excluding hydrogens is 350 g/mol. The van der Waals surface area contributed by atoms with Crippen LogP contribution in [0.5, 0.6) is 0 Å². The summed E-state index contributed by atoms with van der Waals surface area (Å²) in [5.41, 5.74) is 5.17. The average molecular weight is 377 g/mol. The van der Waals surface area contributed by atoms with Crippen LogP contribution < -0.4 is 5.56 Å². The summed E-state index contributed by atoms with van der Waals surface area (Å²) < 4.78 is 3.70. The first-order valence-corrected chi connectivity index (χ1v) is 9.97. The van der Waals surface area contributed by atoms with Crippen LogP contribution in [0.15, 0.2) is 41.3 Å². The molecule has 0 aliphatic carbocycles. The number of hydrogen-bond acceptors (Lipinski definition) is 4. The standard InChI is InChI=1S/C22H27N5O/c1-4-8-21-23-13-17-14-26(12-11-20(17)24-21)15-19-16(2)25(3)27(22(19)28)18-9-6-5-7-10-18/h5-7,9-10,13H,4,8,11-12,14-15H2,1-3H3. The number of fused-ring (bicyclic) bond motifs is 1. The van der Waals surface area contributed by atoms with Crippen molar-refractivity contribution in [2.45, 2.75) is 46.2 Å². The number of hydrogen-bond donors (Lipinski definition) is 0. The van der Waals surface area contributed by atoms with E-state index in [1.165, 1.54) is 11.3 Å². The number of aryl methyl sites for hydroxylation is 1. The summed E-state index contributed by atoms with van der Waals surface area (Å²) in [5, 5.41) is 0. The maximum absolute atomic E-state index is 13.1. The van der Waals surface area contributed by atoms with Gasteiger partial charge >= 0.3 is 0 Å². The zero-order chi connectivity index (χ0) is 19.7. The van der Waals surface area contributed by atoms with Crippen LogP contribution in [0.3, 0.4) is 0 Å². The van der Waals surface area contributed by atoms with Crippen molar-refractivity contribution in [1.82, 2.24) is 24.2 Å². The van der Waals surface area contributed by atoms with Gasteiger partial charge in [0.2, 0.25) is 0 Å².